The third-order valence-electron chi connectivity index (χ3n) is 3.05. The summed E-state index contributed by atoms with van der Waals surface area (Å²) in [6.45, 7) is 6.26. The topological polar surface area (TPSA) is 37.8 Å². The Morgan fingerprint density at radius 1 is 1.16 bits per heavy atom. The van der Waals surface area contributed by atoms with E-state index in [1.807, 2.05) is 32.2 Å². The molecule has 3 nitrogen and oxygen atoms in total. The summed E-state index contributed by atoms with van der Waals surface area (Å²) < 4.78 is 1.05. The van der Waals surface area contributed by atoms with Crippen molar-refractivity contribution < 1.29 is 0 Å². The number of hydrogen-bond donors (Lipinski definition) is 1. The molecule has 19 heavy (non-hydrogen) atoms. The van der Waals surface area contributed by atoms with Crippen LogP contribution in [0.3, 0.4) is 0 Å². The van der Waals surface area contributed by atoms with Crippen molar-refractivity contribution >= 4 is 21.7 Å². The monoisotopic (exact) mass is 319 g/mol. The van der Waals surface area contributed by atoms with Gasteiger partial charge in [-0.2, -0.15) is 0 Å². The molecule has 0 atom stereocenters. The van der Waals surface area contributed by atoms with Crippen LogP contribution in [0.2, 0.25) is 0 Å². The van der Waals surface area contributed by atoms with Crippen LogP contribution in [0.5, 0.6) is 0 Å². The smallest absolute Gasteiger partial charge is 0.133 e. The summed E-state index contributed by atoms with van der Waals surface area (Å²) >= 11 is 3.59. The van der Waals surface area contributed by atoms with Gasteiger partial charge >= 0.3 is 0 Å². The Hall–Kier alpha value is -1.42. The molecular formula is C15H18BrN3. The minimum Gasteiger partial charge on any atom is -0.373 e. The molecule has 0 aliphatic heterocycles. The molecule has 0 saturated heterocycles. The summed E-state index contributed by atoms with van der Waals surface area (Å²) in [5.74, 6) is 2.05. The van der Waals surface area contributed by atoms with Gasteiger partial charge in [0.1, 0.15) is 11.6 Å². The van der Waals surface area contributed by atoms with E-state index < -0.39 is 0 Å². The molecular weight excluding hydrogens is 302 g/mol. The Morgan fingerprint density at radius 3 is 2.42 bits per heavy atom. The van der Waals surface area contributed by atoms with Crippen LogP contribution < -0.4 is 5.32 Å². The van der Waals surface area contributed by atoms with Crippen molar-refractivity contribution in [1.82, 2.24) is 9.97 Å². The molecule has 0 saturated carbocycles. The van der Waals surface area contributed by atoms with E-state index in [1.165, 1.54) is 0 Å². The van der Waals surface area contributed by atoms with E-state index in [4.69, 9.17) is 4.98 Å². The van der Waals surface area contributed by atoms with Gasteiger partial charge in [-0.25, -0.2) is 9.97 Å². The summed E-state index contributed by atoms with van der Waals surface area (Å²) in [4.78, 5) is 9.30. The van der Waals surface area contributed by atoms with Crippen LogP contribution in [0.15, 0.2) is 28.7 Å². The van der Waals surface area contributed by atoms with E-state index in [-0.39, 0.29) is 0 Å². The predicted octanol–water partition coefficient (Wildman–Crippen LogP) is 4.38. The first kappa shape index (κ1) is 14.0. The third kappa shape index (κ3) is 2.78. The maximum atomic E-state index is 4.73. The molecule has 0 amide bonds. The summed E-state index contributed by atoms with van der Waals surface area (Å²) in [5, 5.41) is 3.15. The fraction of sp³-hybridized carbons (Fsp3) is 0.333. The molecule has 0 fully saturated rings. The quantitative estimate of drug-likeness (QED) is 0.912. The van der Waals surface area contributed by atoms with Crippen molar-refractivity contribution in [2.75, 3.05) is 12.4 Å². The SMILES string of the molecule is CNc1nc(C(C)C)nc(-c2ccccc2Br)c1C. The summed E-state index contributed by atoms with van der Waals surface area (Å²) in [5.41, 5.74) is 3.15. The molecule has 0 bridgehead atoms. The van der Waals surface area contributed by atoms with Gasteiger partial charge in [-0.1, -0.05) is 48.0 Å². The highest BCUT2D eigenvalue weighted by Gasteiger charge is 2.15. The standard InChI is InChI=1S/C15H18BrN3/c1-9(2)14-18-13(10(3)15(17-4)19-14)11-7-5-6-8-12(11)16/h5-9H,1-4H3,(H,17,18,19). The van der Waals surface area contributed by atoms with Crippen LogP contribution in [-0.4, -0.2) is 17.0 Å². The molecule has 4 heteroatoms. The second kappa shape index (κ2) is 5.70. The maximum Gasteiger partial charge on any atom is 0.133 e. The zero-order valence-electron chi connectivity index (χ0n) is 11.7. The average Bonchev–Trinajstić information content (AvgIpc) is 2.39. The number of anilines is 1. The third-order valence-corrected chi connectivity index (χ3v) is 3.74. The Morgan fingerprint density at radius 2 is 1.84 bits per heavy atom. The zero-order chi connectivity index (χ0) is 14.0. The molecule has 2 rings (SSSR count). The normalized spacial score (nSPS) is 10.8. The number of benzene rings is 1. The molecule has 0 aliphatic rings. The molecule has 2 aromatic rings. The van der Waals surface area contributed by atoms with Gasteiger partial charge in [-0.3, -0.25) is 0 Å². The Kier molecular flexibility index (Phi) is 4.20. The molecule has 1 aromatic carbocycles. The van der Waals surface area contributed by atoms with Gasteiger partial charge in [0, 0.05) is 28.6 Å². The van der Waals surface area contributed by atoms with Crippen LogP contribution in [0.4, 0.5) is 5.82 Å². The van der Waals surface area contributed by atoms with Gasteiger partial charge in [-0.15, -0.1) is 0 Å². The minimum absolute atomic E-state index is 0.300. The first-order chi connectivity index (χ1) is 9.04. The van der Waals surface area contributed by atoms with Gasteiger partial charge in [0.2, 0.25) is 0 Å². The highest BCUT2D eigenvalue weighted by atomic mass is 79.9. The largest absolute Gasteiger partial charge is 0.373 e. The second-order valence-corrected chi connectivity index (χ2v) is 5.64. The lowest BCUT2D eigenvalue weighted by atomic mass is 10.1. The van der Waals surface area contributed by atoms with Crippen molar-refractivity contribution in [3.05, 3.63) is 40.1 Å². The highest BCUT2D eigenvalue weighted by Crippen LogP contribution is 2.32. The number of nitrogens with one attached hydrogen (secondary N) is 1. The Bertz CT molecular complexity index is 594. The number of halogens is 1. The summed E-state index contributed by atoms with van der Waals surface area (Å²) in [6, 6.07) is 8.14. The van der Waals surface area contributed by atoms with Gasteiger partial charge in [0.15, 0.2) is 0 Å². The fourth-order valence-electron chi connectivity index (χ4n) is 1.95. The Balaban J connectivity index is 2.69. The van der Waals surface area contributed by atoms with Gasteiger partial charge < -0.3 is 5.32 Å². The van der Waals surface area contributed by atoms with E-state index in [1.54, 1.807) is 0 Å². The predicted molar refractivity (Wildman–Crippen MR) is 83.5 cm³/mol. The number of hydrogen-bond acceptors (Lipinski definition) is 3. The van der Waals surface area contributed by atoms with Crippen molar-refractivity contribution in [1.29, 1.82) is 0 Å². The molecule has 1 aromatic heterocycles. The summed E-state index contributed by atoms with van der Waals surface area (Å²) in [6.07, 6.45) is 0. The molecule has 0 unspecified atom stereocenters. The molecule has 0 aliphatic carbocycles. The molecule has 100 valence electrons. The van der Waals surface area contributed by atoms with E-state index in [9.17, 15) is 0 Å². The lowest BCUT2D eigenvalue weighted by molar-refractivity contribution is 0.775. The van der Waals surface area contributed by atoms with Crippen molar-refractivity contribution in [2.45, 2.75) is 26.7 Å². The van der Waals surface area contributed by atoms with Gasteiger partial charge in [0.05, 0.1) is 5.69 Å². The summed E-state index contributed by atoms with van der Waals surface area (Å²) in [7, 11) is 1.89. The number of aromatic nitrogens is 2. The lowest BCUT2D eigenvalue weighted by Crippen LogP contribution is -2.06. The highest BCUT2D eigenvalue weighted by molar-refractivity contribution is 9.10. The first-order valence-corrected chi connectivity index (χ1v) is 7.15. The fourth-order valence-corrected chi connectivity index (χ4v) is 2.42. The van der Waals surface area contributed by atoms with E-state index >= 15 is 0 Å². The molecule has 1 N–H and O–H groups in total. The van der Waals surface area contributed by atoms with Crippen LogP contribution in [0.1, 0.15) is 31.2 Å². The molecule has 1 heterocycles. The van der Waals surface area contributed by atoms with Gasteiger partial charge in [-0.05, 0) is 13.0 Å². The van der Waals surface area contributed by atoms with E-state index in [2.05, 4.69) is 46.1 Å². The molecule has 0 spiro atoms. The van der Waals surface area contributed by atoms with Crippen molar-refractivity contribution in [2.24, 2.45) is 0 Å². The van der Waals surface area contributed by atoms with Crippen LogP contribution in [0, 0.1) is 6.92 Å². The average molecular weight is 320 g/mol. The van der Waals surface area contributed by atoms with Crippen LogP contribution in [0.25, 0.3) is 11.3 Å². The van der Waals surface area contributed by atoms with E-state index in [0.717, 1.165) is 32.9 Å². The van der Waals surface area contributed by atoms with Gasteiger partial charge in [0.25, 0.3) is 0 Å². The van der Waals surface area contributed by atoms with Crippen molar-refractivity contribution in [3.8, 4) is 11.3 Å². The zero-order valence-corrected chi connectivity index (χ0v) is 13.2. The first-order valence-electron chi connectivity index (χ1n) is 6.35. The van der Waals surface area contributed by atoms with E-state index in [0.29, 0.717) is 5.92 Å². The maximum absolute atomic E-state index is 4.73. The van der Waals surface area contributed by atoms with Crippen LogP contribution >= 0.6 is 15.9 Å². The number of rotatable bonds is 3. The van der Waals surface area contributed by atoms with Crippen LogP contribution in [-0.2, 0) is 0 Å². The minimum atomic E-state index is 0.300. The Labute approximate surface area is 122 Å². The second-order valence-electron chi connectivity index (χ2n) is 4.79. The lowest BCUT2D eigenvalue weighted by Gasteiger charge is -2.14. The number of nitrogens with zero attached hydrogens (tertiary/aromatic N) is 2. The van der Waals surface area contributed by atoms with Crippen molar-refractivity contribution in [3.63, 3.8) is 0 Å². The molecule has 0 radical (unpaired) electrons.